The highest BCUT2D eigenvalue weighted by Gasteiger charge is 2.43. The van der Waals surface area contributed by atoms with Crippen molar-refractivity contribution in [3.8, 4) is 0 Å². The first-order valence-electron chi connectivity index (χ1n) is 8.80. The molecule has 1 saturated carbocycles. The minimum atomic E-state index is -0.138. The molecular weight excluding hydrogens is 292 g/mol. The first-order chi connectivity index (χ1) is 11.2. The van der Waals surface area contributed by atoms with Crippen molar-refractivity contribution < 1.29 is 9.59 Å². The van der Waals surface area contributed by atoms with Gasteiger partial charge in [0.25, 0.3) is 0 Å². The van der Waals surface area contributed by atoms with Crippen LogP contribution in [0.5, 0.6) is 0 Å². The third-order valence-corrected chi connectivity index (χ3v) is 5.36. The Labute approximate surface area is 136 Å². The van der Waals surface area contributed by atoms with Gasteiger partial charge in [0.2, 0.25) is 11.8 Å². The maximum Gasteiger partial charge on any atom is 0.228 e. The number of hydrogen-bond acceptors (Lipinski definition) is 3. The molecule has 0 aromatic carbocycles. The van der Waals surface area contributed by atoms with Crippen LogP contribution in [-0.4, -0.2) is 56.6 Å². The van der Waals surface area contributed by atoms with Crippen molar-refractivity contribution in [2.45, 2.75) is 57.2 Å². The van der Waals surface area contributed by atoms with Crippen LogP contribution in [0.1, 0.15) is 38.5 Å². The zero-order chi connectivity index (χ0) is 15.8. The molecule has 1 aliphatic carbocycles. The fourth-order valence-electron chi connectivity index (χ4n) is 3.98. The van der Waals surface area contributed by atoms with Crippen molar-refractivity contribution in [2.24, 2.45) is 5.92 Å². The van der Waals surface area contributed by atoms with Crippen LogP contribution in [-0.2, 0) is 16.1 Å². The fourth-order valence-corrected chi connectivity index (χ4v) is 3.98. The van der Waals surface area contributed by atoms with E-state index < -0.39 is 0 Å². The summed E-state index contributed by atoms with van der Waals surface area (Å²) in [4.78, 5) is 29.1. The number of rotatable bonds is 4. The molecule has 6 heteroatoms. The predicted octanol–water partition coefficient (Wildman–Crippen LogP) is 1.28. The van der Waals surface area contributed by atoms with Gasteiger partial charge in [-0.15, -0.1) is 0 Å². The summed E-state index contributed by atoms with van der Waals surface area (Å²) < 4.78 is 1.91. The Morgan fingerprint density at radius 1 is 1.26 bits per heavy atom. The average Bonchev–Trinajstić information content (AvgIpc) is 3.13. The Morgan fingerprint density at radius 3 is 2.87 bits per heavy atom. The van der Waals surface area contributed by atoms with Gasteiger partial charge in [-0.3, -0.25) is 14.3 Å². The van der Waals surface area contributed by atoms with E-state index in [0.717, 1.165) is 45.2 Å². The van der Waals surface area contributed by atoms with Gasteiger partial charge >= 0.3 is 0 Å². The maximum atomic E-state index is 13.0. The summed E-state index contributed by atoms with van der Waals surface area (Å²) in [6.07, 6.45) is 9.60. The second kappa shape index (κ2) is 5.98. The van der Waals surface area contributed by atoms with E-state index in [4.69, 9.17) is 0 Å². The lowest BCUT2D eigenvalue weighted by atomic mass is 9.98. The van der Waals surface area contributed by atoms with E-state index in [1.807, 2.05) is 26.7 Å². The number of hydrogen-bond donors (Lipinski definition) is 0. The van der Waals surface area contributed by atoms with Gasteiger partial charge in [0, 0.05) is 37.9 Å². The third-order valence-electron chi connectivity index (χ3n) is 5.36. The number of piperidine rings is 1. The topological polar surface area (TPSA) is 58.4 Å². The summed E-state index contributed by atoms with van der Waals surface area (Å²) in [5.41, 5.74) is 0. The van der Waals surface area contributed by atoms with Gasteiger partial charge in [-0.1, -0.05) is 0 Å². The second-order valence-corrected chi connectivity index (χ2v) is 7.09. The molecule has 124 valence electrons. The summed E-state index contributed by atoms with van der Waals surface area (Å²) in [6, 6.07) is 2.54. The van der Waals surface area contributed by atoms with Crippen molar-refractivity contribution in [2.75, 3.05) is 13.1 Å². The summed E-state index contributed by atoms with van der Waals surface area (Å²) >= 11 is 0. The lowest BCUT2D eigenvalue weighted by Crippen LogP contribution is -2.48. The third kappa shape index (κ3) is 2.99. The second-order valence-electron chi connectivity index (χ2n) is 7.09. The normalized spacial score (nSPS) is 28.4. The SMILES string of the molecule is O=C1C[C@@H](C(=O)N2CCCC[C@H]2Cn2cccn2)CN1C1CC1. The van der Waals surface area contributed by atoms with E-state index in [2.05, 4.69) is 5.10 Å². The number of nitrogens with zero attached hydrogens (tertiary/aromatic N) is 4. The number of amides is 2. The van der Waals surface area contributed by atoms with Crippen LogP contribution in [0.2, 0.25) is 0 Å². The van der Waals surface area contributed by atoms with Crippen LogP contribution in [0.4, 0.5) is 0 Å². The monoisotopic (exact) mass is 316 g/mol. The van der Waals surface area contributed by atoms with E-state index in [1.165, 1.54) is 0 Å². The van der Waals surface area contributed by atoms with Crippen LogP contribution < -0.4 is 0 Å². The fraction of sp³-hybridized carbons (Fsp3) is 0.706. The van der Waals surface area contributed by atoms with Gasteiger partial charge in [0.05, 0.1) is 18.5 Å². The molecule has 0 bridgehead atoms. The van der Waals surface area contributed by atoms with Gasteiger partial charge in [-0.05, 0) is 38.2 Å². The molecular formula is C17H24N4O2. The zero-order valence-electron chi connectivity index (χ0n) is 13.4. The van der Waals surface area contributed by atoms with Gasteiger partial charge in [-0.2, -0.15) is 5.10 Å². The molecule has 3 aliphatic rings. The molecule has 23 heavy (non-hydrogen) atoms. The first kappa shape index (κ1) is 14.7. The number of aromatic nitrogens is 2. The highest BCUT2D eigenvalue weighted by atomic mass is 16.2. The number of carbonyl (C=O) groups is 2. The van der Waals surface area contributed by atoms with Crippen molar-refractivity contribution >= 4 is 11.8 Å². The highest BCUT2D eigenvalue weighted by molar-refractivity contribution is 5.89. The summed E-state index contributed by atoms with van der Waals surface area (Å²) in [5, 5.41) is 4.27. The van der Waals surface area contributed by atoms with Gasteiger partial charge in [0.1, 0.15) is 0 Å². The molecule has 4 rings (SSSR count). The molecule has 0 unspecified atom stereocenters. The van der Waals surface area contributed by atoms with Crippen LogP contribution in [0.15, 0.2) is 18.5 Å². The molecule has 2 aliphatic heterocycles. The van der Waals surface area contributed by atoms with Crippen molar-refractivity contribution in [1.29, 1.82) is 0 Å². The van der Waals surface area contributed by atoms with Crippen LogP contribution in [0, 0.1) is 5.92 Å². The Kier molecular flexibility index (Phi) is 3.83. The Hall–Kier alpha value is -1.85. The summed E-state index contributed by atoms with van der Waals surface area (Å²) in [5.74, 6) is 0.214. The Bertz CT molecular complexity index is 581. The molecule has 1 aromatic heterocycles. The predicted molar refractivity (Wildman–Crippen MR) is 84.4 cm³/mol. The molecule has 2 atom stereocenters. The minimum Gasteiger partial charge on any atom is -0.339 e. The average molecular weight is 316 g/mol. The van der Waals surface area contributed by atoms with Gasteiger partial charge < -0.3 is 9.80 Å². The van der Waals surface area contributed by atoms with Crippen molar-refractivity contribution in [3.05, 3.63) is 18.5 Å². The largest absolute Gasteiger partial charge is 0.339 e. The lowest BCUT2D eigenvalue weighted by molar-refractivity contribution is -0.139. The molecule has 2 amide bonds. The summed E-state index contributed by atoms with van der Waals surface area (Å²) in [6.45, 7) is 2.21. The first-order valence-corrected chi connectivity index (χ1v) is 8.80. The molecule has 3 fully saturated rings. The van der Waals surface area contributed by atoms with Crippen molar-refractivity contribution in [1.82, 2.24) is 19.6 Å². The number of carbonyl (C=O) groups excluding carboxylic acids is 2. The highest BCUT2D eigenvalue weighted by Crippen LogP contribution is 2.34. The van der Waals surface area contributed by atoms with Gasteiger partial charge in [-0.25, -0.2) is 0 Å². The molecule has 0 spiro atoms. The van der Waals surface area contributed by atoms with E-state index in [9.17, 15) is 9.59 Å². The van der Waals surface area contributed by atoms with Gasteiger partial charge in [0.15, 0.2) is 0 Å². The van der Waals surface area contributed by atoms with E-state index in [0.29, 0.717) is 19.0 Å². The minimum absolute atomic E-state index is 0.138. The molecule has 1 aromatic rings. The Morgan fingerprint density at radius 2 is 2.13 bits per heavy atom. The van der Waals surface area contributed by atoms with Crippen LogP contribution >= 0.6 is 0 Å². The standard InChI is InChI=1S/C17H24N4O2/c22-16-10-13(11-21(16)14-5-6-14)17(23)20-9-2-1-4-15(20)12-19-8-3-7-18-19/h3,7-8,13-15H,1-2,4-6,9-12H2/t13-,15+/m1/s1. The quantitative estimate of drug-likeness (QED) is 0.841. The number of likely N-dealkylation sites (tertiary alicyclic amines) is 2. The maximum absolute atomic E-state index is 13.0. The molecule has 3 heterocycles. The zero-order valence-corrected chi connectivity index (χ0v) is 13.4. The molecule has 0 N–H and O–H groups in total. The smallest absolute Gasteiger partial charge is 0.228 e. The molecule has 0 radical (unpaired) electrons. The molecule has 2 saturated heterocycles. The van der Waals surface area contributed by atoms with E-state index >= 15 is 0 Å². The molecule has 6 nitrogen and oxygen atoms in total. The summed E-state index contributed by atoms with van der Waals surface area (Å²) in [7, 11) is 0. The van der Waals surface area contributed by atoms with Crippen molar-refractivity contribution in [3.63, 3.8) is 0 Å². The lowest BCUT2D eigenvalue weighted by Gasteiger charge is -2.37. The van der Waals surface area contributed by atoms with Crippen LogP contribution in [0.3, 0.4) is 0 Å². The van der Waals surface area contributed by atoms with E-state index in [1.54, 1.807) is 6.20 Å². The van der Waals surface area contributed by atoms with E-state index in [-0.39, 0.29) is 23.8 Å². The van der Waals surface area contributed by atoms with Crippen LogP contribution in [0.25, 0.3) is 0 Å². The Balaban J connectivity index is 1.44.